The minimum absolute atomic E-state index is 0.254. The molecule has 34 heavy (non-hydrogen) atoms. The second-order valence-corrected chi connectivity index (χ2v) is 9.07. The average molecular weight is 467 g/mol. The molecular formula is C25H25F3N6. The van der Waals surface area contributed by atoms with Crippen LogP contribution in [0.1, 0.15) is 60.9 Å². The van der Waals surface area contributed by atoms with Crippen LogP contribution in [-0.4, -0.2) is 29.9 Å². The van der Waals surface area contributed by atoms with E-state index in [1.54, 1.807) is 12.4 Å². The second kappa shape index (κ2) is 8.70. The van der Waals surface area contributed by atoms with Crippen molar-refractivity contribution in [1.29, 1.82) is 0 Å². The SMILES string of the molecule is CC(C)c1cccc2c1[C@@H](Cn1cnc(-c3cc(-c4n[nH]nc4C(F)(F)F)ccn3)c1)CCC2. The Labute approximate surface area is 195 Å². The lowest BCUT2D eigenvalue weighted by Gasteiger charge is -2.29. The maximum atomic E-state index is 13.2. The number of aromatic amines is 1. The molecule has 0 fully saturated rings. The van der Waals surface area contributed by atoms with E-state index in [1.807, 2.05) is 6.20 Å². The third kappa shape index (κ3) is 4.22. The number of halogens is 3. The monoisotopic (exact) mass is 466 g/mol. The number of hydrogen-bond donors (Lipinski definition) is 1. The lowest BCUT2D eigenvalue weighted by Crippen LogP contribution is -2.17. The summed E-state index contributed by atoms with van der Waals surface area (Å²) in [6.07, 6.45) is 3.93. The number of hydrogen-bond acceptors (Lipinski definition) is 4. The largest absolute Gasteiger partial charge is 0.437 e. The quantitative estimate of drug-likeness (QED) is 0.392. The van der Waals surface area contributed by atoms with E-state index in [9.17, 15) is 13.2 Å². The maximum absolute atomic E-state index is 13.2. The molecule has 0 unspecified atom stereocenters. The highest BCUT2D eigenvalue weighted by Crippen LogP contribution is 2.38. The van der Waals surface area contributed by atoms with Gasteiger partial charge in [-0.3, -0.25) is 4.98 Å². The Balaban J connectivity index is 1.42. The Kier molecular flexibility index (Phi) is 5.71. The number of imidazole rings is 1. The van der Waals surface area contributed by atoms with Crippen LogP contribution in [0.5, 0.6) is 0 Å². The first-order valence-electron chi connectivity index (χ1n) is 11.4. The highest BCUT2D eigenvalue weighted by atomic mass is 19.4. The molecule has 1 N–H and O–H groups in total. The predicted molar refractivity (Wildman–Crippen MR) is 122 cm³/mol. The van der Waals surface area contributed by atoms with Crippen molar-refractivity contribution in [3.05, 3.63) is 71.4 Å². The highest BCUT2D eigenvalue weighted by Gasteiger charge is 2.38. The molecule has 5 rings (SSSR count). The van der Waals surface area contributed by atoms with Crippen LogP contribution in [0.15, 0.2) is 49.1 Å². The van der Waals surface area contributed by atoms with Gasteiger partial charge in [-0.2, -0.15) is 28.6 Å². The lowest BCUT2D eigenvalue weighted by molar-refractivity contribution is -0.140. The number of alkyl halides is 3. The number of benzene rings is 1. The van der Waals surface area contributed by atoms with Crippen molar-refractivity contribution in [2.24, 2.45) is 0 Å². The summed E-state index contributed by atoms with van der Waals surface area (Å²) in [7, 11) is 0. The maximum Gasteiger partial charge on any atom is 0.437 e. The van der Waals surface area contributed by atoms with Crippen molar-refractivity contribution < 1.29 is 13.2 Å². The van der Waals surface area contributed by atoms with Gasteiger partial charge in [-0.05, 0) is 54.0 Å². The van der Waals surface area contributed by atoms with Gasteiger partial charge in [0.15, 0.2) is 5.69 Å². The number of fused-ring (bicyclic) bond motifs is 1. The van der Waals surface area contributed by atoms with Crippen LogP contribution in [0.4, 0.5) is 13.2 Å². The molecule has 0 spiro atoms. The molecule has 1 aliphatic carbocycles. The van der Waals surface area contributed by atoms with Gasteiger partial charge in [0, 0.05) is 30.4 Å². The zero-order chi connectivity index (χ0) is 23.9. The third-order valence-electron chi connectivity index (χ3n) is 6.44. The normalized spacial score (nSPS) is 16.1. The first kappa shape index (κ1) is 22.3. The van der Waals surface area contributed by atoms with Crippen LogP contribution in [0.25, 0.3) is 22.6 Å². The number of aromatic nitrogens is 6. The molecule has 6 nitrogen and oxygen atoms in total. The number of nitrogens with one attached hydrogen (secondary N) is 1. The standard InChI is InChI=1S/C25H25F3N6/c1-15(2)19-8-4-6-16-5-3-7-18(22(16)19)12-34-13-21(30-14-34)20-11-17(9-10-29-20)23-24(25(26,27)28)32-33-31-23/h4,6,8-11,13-15,18H,3,5,7,12H2,1-2H3,(H,31,32,33)/t18-/m1/s1. The smallest absolute Gasteiger partial charge is 0.336 e. The average Bonchev–Trinajstić information content (AvgIpc) is 3.49. The van der Waals surface area contributed by atoms with Gasteiger partial charge in [0.05, 0.1) is 12.0 Å². The molecule has 3 heterocycles. The fourth-order valence-corrected chi connectivity index (χ4v) is 4.91. The molecule has 0 saturated carbocycles. The summed E-state index contributed by atoms with van der Waals surface area (Å²) >= 11 is 0. The van der Waals surface area contributed by atoms with Gasteiger partial charge in [-0.15, -0.1) is 0 Å². The number of nitrogens with zero attached hydrogens (tertiary/aromatic N) is 5. The molecule has 1 aromatic carbocycles. The third-order valence-corrected chi connectivity index (χ3v) is 6.44. The minimum Gasteiger partial charge on any atom is -0.336 e. The van der Waals surface area contributed by atoms with E-state index in [1.165, 1.54) is 29.0 Å². The van der Waals surface area contributed by atoms with E-state index in [-0.39, 0.29) is 11.3 Å². The number of pyridine rings is 1. The summed E-state index contributed by atoms with van der Waals surface area (Å²) in [4.78, 5) is 8.82. The fourth-order valence-electron chi connectivity index (χ4n) is 4.91. The number of aryl methyl sites for hydroxylation is 1. The molecule has 0 aliphatic heterocycles. The molecule has 1 atom stereocenters. The van der Waals surface area contributed by atoms with Crippen LogP contribution < -0.4 is 0 Å². The molecule has 0 amide bonds. The Morgan fingerprint density at radius 3 is 2.76 bits per heavy atom. The van der Waals surface area contributed by atoms with Gasteiger partial charge in [-0.25, -0.2) is 4.98 Å². The summed E-state index contributed by atoms with van der Waals surface area (Å²) in [6.45, 7) is 5.26. The van der Waals surface area contributed by atoms with Crippen molar-refractivity contribution >= 4 is 0 Å². The number of rotatable bonds is 5. The van der Waals surface area contributed by atoms with Crippen LogP contribution in [0.2, 0.25) is 0 Å². The summed E-state index contributed by atoms with van der Waals surface area (Å²) in [5.41, 5.74) is 4.37. The summed E-state index contributed by atoms with van der Waals surface area (Å²) in [5, 5.41) is 9.05. The van der Waals surface area contributed by atoms with Crippen molar-refractivity contribution in [1.82, 2.24) is 29.9 Å². The molecular weight excluding hydrogens is 441 g/mol. The molecule has 1 aliphatic rings. The van der Waals surface area contributed by atoms with E-state index in [2.05, 4.69) is 62.0 Å². The highest BCUT2D eigenvalue weighted by molar-refractivity contribution is 5.67. The topological polar surface area (TPSA) is 72.3 Å². The lowest BCUT2D eigenvalue weighted by atomic mass is 9.78. The van der Waals surface area contributed by atoms with Crippen LogP contribution in [0.3, 0.4) is 0 Å². The van der Waals surface area contributed by atoms with Crippen molar-refractivity contribution in [3.63, 3.8) is 0 Å². The Morgan fingerprint density at radius 2 is 1.97 bits per heavy atom. The van der Waals surface area contributed by atoms with Crippen LogP contribution in [0, 0.1) is 0 Å². The van der Waals surface area contributed by atoms with Crippen molar-refractivity contribution in [3.8, 4) is 22.6 Å². The van der Waals surface area contributed by atoms with Crippen molar-refractivity contribution in [2.75, 3.05) is 0 Å². The van der Waals surface area contributed by atoms with Gasteiger partial charge in [0.1, 0.15) is 11.4 Å². The van der Waals surface area contributed by atoms with Gasteiger partial charge in [0.2, 0.25) is 0 Å². The number of H-pyrrole nitrogens is 1. The summed E-state index contributed by atoms with van der Waals surface area (Å²) in [6, 6.07) is 9.67. The molecule has 176 valence electrons. The Bertz CT molecular complexity index is 1300. The molecule has 0 saturated heterocycles. The van der Waals surface area contributed by atoms with Gasteiger partial charge in [0.25, 0.3) is 0 Å². The van der Waals surface area contributed by atoms with Crippen LogP contribution in [-0.2, 0) is 19.1 Å². The molecule has 0 bridgehead atoms. The first-order valence-corrected chi connectivity index (χ1v) is 11.4. The second-order valence-electron chi connectivity index (χ2n) is 9.07. The van der Waals surface area contributed by atoms with Gasteiger partial charge in [-0.1, -0.05) is 32.0 Å². The molecule has 4 aromatic rings. The predicted octanol–water partition coefficient (Wildman–Crippen LogP) is 5.99. The van der Waals surface area contributed by atoms with Gasteiger partial charge < -0.3 is 4.57 Å². The first-order chi connectivity index (χ1) is 16.3. The van der Waals surface area contributed by atoms with Crippen molar-refractivity contribution in [2.45, 2.75) is 57.7 Å². The van der Waals surface area contributed by atoms with E-state index >= 15 is 0 Å². The molecule has 3 aromatic heterocycles. The molecule has 0 radical (unpaired) electrons. The van der Waals surface area contributed by atoms with E-state index in [0.29, 0.717) is 23.2 Å². The summed E-state index contributed by atoms with van der Waals surface area (Å²) in [5.74, 6) is 0.854. The minimum atomic E-state index is -4.60. The zero-order valence-electron chi connectivity index (χ0n) is 19.0. The zero-order valence-corrected chi connectivity index (χ0v) is 19.0. The fraction of sp³-hybridized carbons (Fsp3) is 0.360. The Hall–Kier alpha value is -3.49. The van der Waals surface area contributed by atoms with E-state index < -0.39 is 11.9 Å². The Morgan fingerprint density at radius 1 is 1.12 bits per heavy atom. The van der Waals surface area contributed by atoms with Crippen LogP contribution >= 0.6 is 0 Å². The van der Waals surface area contributed by atoms with Gasteiger partial charge >= 0.3 is 6.18 Å². The van der Waals surface area contributed by atoms with E-state index in [4.69, 9.17) is 0 Å². The molecule has 9 heteroatoms. The summed E-state index contributed by atoms with van der Waals surface area (Å²) < 4.78 is 41.8. The van der Waals surface area contributed by atoms with E-state index in [0.717, 1.165) is 25.8 Å².